The second-order valence-electron chi connectivity index (χ2n) is 3.32. The first-order valence-corrected chi connectivity index (χ1v) is 4.37. The molecule has 1 rings (SSSR count). The Labute approximate surface area is 75.7 Å². The third kappa shape index (κ3) is 3.95. The lowest BCUT2D eigenvalue weighted by atomic mass is 10.2. The van der Waals surface area contributed by atoms with Crippen LogP contribution in [0.1, 0.15) is 13.3 Å². The van der Waals surface area contributed by atoms with Gasteiger partial charge in [0.1, 0.15) is 0 Å². The summed E-state index contributed by atoms with van der Waals surface area (Å²) >= 11 is 0. The number of rotatable bonds is 2. The van der Waals surface area contributed by atoms with Crippen molar-refractivity contribution < 1.29 is 17.9 Å². The van der Waals surface area contributed by atoms with Crippen LogP contribution in [0.25, 0.3) is 0 Å². The van der Waals surface area contributed by atoms with E-state index in [0.29, 0.717) is 26.3 Å². The first-order chi connectivity index (χ1) is 5.99. The molecule has 0 saturated carbocycles. The van der Waals surface area contributed by atoms with Gasteiger partial charge in [0.15, 0.2) is 0 Å². The van der Waals surface area contributed by atoms with Crippen molar-refractivity contribution in [3.8, 4) is 0 Å². The van der Waals surface area contributed by atoms with Crippen molar-refractivity contribution in [3.05, 3.63) is 0 Å². The number of ether oxygens (including phenoxy) is 1. The summed E-state index contributed by atoms with van der Waals surface area (Å²) in [6, 6.07) is -0.427. The third-order valence-electron chi connectivity index (χ3n) is 2.20. The molecule has 5 heteroatoms. The van der Waals surface area contributed by atoms with Gasteiger partial charge in [0.25, 0.3) is 0 Å². The average Bonchev–Trinajstić information content (AvgIpc) is 2.03. The molecule has 0 aromatic rings. The monoisotopic (exact) mass is 197 g/mol. The Bertz CT molecular complexity index is 154. The summed E-state index contributed by atoms with van der Waals surface area (Å²) in [5.74, 6) is 0. The summed E-state index contributed by atoms with van der Waals surface area (Å²) in [5.41, 5.74) is 0. The van der Waals surface area contributed by atoms with Gasteiger partial charge in [0.2, 0.25) is 0 Å². The molecular formula is C8H14F3NO. The SMILES string of the molecule is CC(CC(F)(F)F)N1CCOCC1. The molecule has 13 heavy (non-hydrogen) atoms. The molecule has 0 N–H and O–H groups in total. The second kappa shape index (κ2) is 4.28. The molecule has 2 nitrogen and oxygen atoms in total. The normalized spacial score (nSPS) is 23.1. The Morgan fingerprint density at radius 1 is 1.31 bits per heavy atom. The lowest BCUT2D eigenvalue weighted by Crippen LogP contribution is -2.43. The minimum atomic E-state index is -4.06. The number of hydrogen-bond acceptors (Lipinski definition) is 2. The lowest BCUT2D eigenvalue weighted by Gasteiger charge is -2.32. The van der Waals surface area contributed by atoms with Gasteiger partial charge in [-0.25, -0.2) is 0 Å². The van der Waals surface area contributed by atoms with E-state index in [9.17, 15) is 13.2 Å². The quantitative estimate of drug-likeness (QED) is 0.667. The maximum absolute atomic E-state index is 12.0. The van der Waals surface area contributed by atoms with Crippen LogP contribution in [0.4, 0.5) is 13.2 Å². The largest absolute Gasteiger partial charge is 0.390 e. The zero-order chi connectivity index (χ0) is 9.90. The van der Waals surface area contributed by atoms with Crippen LogP contribution in [0.2, 0.25) is 0 Å². The zero-order valence-electron chi connectivity index (χ0n) is 7.60. The fraction of sp³-hybridized carbons (Fsp3) is 1.00. The number of hydrogen-bond donors (Lipinski definition) is 0. The van der Waals surface area contributed by atoms with Gasteiger partial charge in [0.05, 0.1) is 19.6 Å². The number of alkyl halides is 3. The van der Waals surface area contributed by atoms with Crippen molar-refractivity contribution in [1.29, 1.82) is 0 Å². The van der Waals surface area contributed by atoms with E-state index in [1.165, 1.54) is 0 Å². The molecular weight excluding hydrogens is 183 g/mol. The maximum Gasteiger partial charge on any atom is 0.390 e. The van der Waals surface area contributed by atoms with E-state index >= 15 is 0 Å². The molecule has 1 aliphatic rings. The molecule has 78 valence electrons. The molecule has 1 saturated heterocycles. The highest BCUT2D eigenvalue weighted by Gasteiger charge is 2.32. The van der Waals surface area contributed by atoms with E-state index in [1.807, 2.05) is 4.90 Å². The van der Waals surface area contributed by atoms with Crippen LogP contribution in [-0.2, 0) is 4.74 Å². The Morgan fingerprint density at radius 3 is 2.31 bits per heavy atom. The molecule has 0 aliphatic carbocycles. The summed E-state index contributed by atoms with van der Waals surface area (Å²) in [5, 5.41) is 0. The summed E-state index contributed by atoms with van der Waals surface area (Å²) in [6.07, 6.45) is -4.79. The Morgan fingerprint density at radius 2 is 1.85 bits per heavy atom. The Hall–Kier alpha value is -0.290. The fourth-order valence-corrected chi connectivity index (χ4v) is 1.48. The molecule has 0 radical (unpaired) electrons. The van der Waals surface area contributed by atoms with Crippen molar-refractivity contribution in [3.63, 3.8) is 0 Å². The second-order valence-corrected chi connectivity index (χ2v) is 3.32. The zero-order valence-corrected chi connectivity index (χ0v) is 7.60. The number of halogens is 3. The van der Waals surface area contributed by atoms with Crippen LogP contribution in [0.5, 0.6) is 0 Å². The first-order valence-electron chi connectivity index (χ1n) is 4.37. The number of nitrogens with zero attached hydrogens (tertiary/aromatic N) is 1. The minimum Gasteiger partial charge on any atom is -0.379 e. The Balaban J connectivity index is 2.33. The van der Waals surface area contributed by atoms with E-state index in [4.69, 9.17) is 4.74 Å². The minimum absolute atomic E-state index is 0.427. The molecule has 1 aliphatic heterocycles. The fourth-order valence-electron chi connectivity index (χ4n) is 1.48. The van der Waals surface area contributed by atoms with Crippen molar-refractivity contribution >= 4 is 0 Å². The first kappa shape index (κ1) is 10.8. The smallest absolute Gasteiger partial charge is 0.379 e. The molecule has 1 fully saturated rings. The summed E-state index contributed by atoms with van der Waals surface area (Å²) < 4.78 is 41.1. The van der Waals surface area contributed by atoms with Crippen LogP contribution in [0, 0.1) is 0 Å². The molecule has 0 spiro atoms. The van der Waals surface area contributed by atoms with Crippen LogP contribution < -0.4 is 0 Å². The van der Waals surface area contributed by atoms with Crippen molar-refractivity contribution in [2.45, 2.75) is 25.6 Å². The van der Waals surface area contributed by atoms with Gasteiger partial charge in [0, 0.05) is 19.1 Å². The maximum atomic E-state index is 12.0. The van der Waals surface area contributed by atoms with Crippen LogP contribution in [0.15, 0.2) is 0 Å². The average molecular weight is 197 g/mol. The van der Waals surface area contributed by atoms with Gasteiger partial charge in [-0.3, -0.25) is 4.90 Å². The predicted octanol–water partition coefficient (Wildman–Crippen LogP) is 1.66. The molecule has 0 bridgehead atoms. The highest BCUT2D eigenvalue weighted by atomic mass is 19.4. The van der Waals surface area contributed by atoms with Crippen molar-refractivity contribution in [2.75, 3.05) is 26.3 Å². The lowest BCUT2D eigenvalue weighted by molar-refractivity contribution is -0.149. The molecule has 0 aromatic carbocycles. The topological polar surface area (TPSA) is 12.5 Å². The third-order valence-corrected chi connectivity index (χ3v) is 2.20. The molecule has 1 heterocycles. The van der Waals surface area contributed by atoms with Gasteiger partial charge in [-0.2, -0.15) is 13.2 Å². The van der Waals surface area contributed by atoms with Crippen molar-refractivity contribution in [1.82, 2.24) is 4.90 Å². The highest BCUT2D eigenvalue weighted by Crippen LogP contribution is 2.24. The predicted molar refractivity (Wildman–Crippen MR) is 42.5 cm³/mol. The standard InChI is InChI=1S/C8H14F3NO/c1-7(6-8(9,10)11)12-2-4-13-5-3-12/h7H,2-6H2,1H3. The van der Waals surface area contributed by atoms with Gasteiger partial charge in [-0.15, -0.1) is 0 Å². The Kier molecular flexibility index (Phi) is 3.55. The van der Waals surface area contributed by atoms with Gasteiger partial charge < -0.3 is 4.74 Å². The van der Waals surface area contributed by atoms with Crippen LogP contribution >= 0.6 is 0 Å². The molecule has 1 atom stereocenters. The van der Waals surface area contributed by atoms with E-state index in [2.05, 4.69) is 0 Å². The van der Waals surface area contributed by atoms with Gasteiger partial charge in [-0.1, -0.05) is 0 Å². The number of morpholine rings is 1. The van der Waals surface area contributed by atoms with Gasteiger partial charge in [-0.05, 0) is 6.92 Å². The molecule has 0 aromatic heterocycles. The molecule has 0 amide bonds. The van der Waals surface area contributed by atoms with E-state index in [0.717, 1.165) is 0 Å². The van der Waals surface area contributed by atoms with E-state index < -0.39 is 18.6 Å². The van der Waals surface area contributed by atoms with Crippen LogP contribution in [0.3, 0.4) is 0 Å². The molecule has 1 unspecified atom stereocenters. The van der Waals surface area contributed by atoms with Crippen LogP contribution in [-0.4, -0.2) is 43.4 Å². The summed E-state index contributed by atoms with van der Waals surface area (Å²) in [7, 11) is 0. The van der Waals surface area contributed by atoms with E-state index in [1.54, 1.807) is 6.92 Å². The van der Waals surface area contributed by atoms with Gasteiger partial charge >= 0.3 is 6.18 Å². The van der Waals surface area contributed by atoms with Crippen molar-refractivity contribution in [2.24, 2.45) is 0 Å². The highest BCUT2D eigenvalue weighted by molar-refractivity contribution is 4.72. The summed E-state index contributed by atoms with van der Waals surface area (Å²) in [6.45, 7) is 3.91. The van der Waals surface area contributed by atoms with E-state index in [-0.39, 0.29) is 0 Å². The summed E-state index contributed by atoms with van der Waals surface area (Å²) in [4.78, 5) is 1.82.